The highest BCUT2D eigenvalue weighted by atomic mass is 16.7. The van der Waals surface area contributed by atoms with E-state index in [2.05, 4.69) is 25.3 Å². The van der Waals surface area contributed by atoms with E-state index in [0.29, 0.717) is 42.4 Å². The third kappa shape index (κ3) is 4.29. The molecule has 0 bridgehead atoms. The Balaban J connectivity index is 1.59. The molecule has 0 spiro atoms. The minimum atomic E-state index is -0.289. The van der Waals surface area contributed by atoms with E-state index in [1.165, 1.54) is 0 Å². The first-order chi connectivity index (χ1) is 14.5. The van der Waals surface area contributed by atoms with Crippen LogP contribution in [0.2, 0.25) is 0 Å². The van der Waals surface area contributed by atoms with Gasteiger partial charge in [0.15, 0.2) is 23.2 Å². The molecule has 156 valence electrons. The highest BCUT2D eigenvalue weighted by Gasteiger charge is 2.18. The van der Waals surface area contributed by atoms with Gasteiger partial charge in [-0.25, -0.2) is 9.67 Å². The monoisotopic (exact) mass is 409 g/mol. The van der Waals surface area contributed by atoms with E-state index in [-0.39, 0.29) is 12.2 Å². The summed E-state index contributed by atoms with van der Waals surface area (Å²) in [6.07, 6.45) is -0.289. The maximum Gasteiger partial charge on any atom is 0.222 e. The van der Waals surface area contributed by atoms with E-state index in [1.807, 2.05) is 51.1 Å². The molecule has 30 heavy (non-hydrogen) atoms. The Hall–Kier alpha value is -3.37. The van der Waals surface area contributed by atoms with Crippen LogP contribution >= 0.6 is 0 Å². The zero-order chi connectivity index (χ0) is 21.1. The molecule has 0 amide bonds. The molecule has 0 aliphatic carbocycles. The van der Waals surface area contributed by atoms with Crippen LogP contribution in [0.15, 0.2) is 34.7 Å². The van der Waals surface area contributed by atoms with Crippen LogP contribution in [0, 0.1) is 6.92 Å². The summed E-state index contributed by atoms with van der Waals surface area (Å²) in [6.45, 7) is 6.97. The normalized spacial score (nSPS) is 12.5. The van der Waals surface area contributed by atoms with Gasteiger partial charge in [0.1, 0.15) is 11.5 Å². The number of furan rings is 1. The predicted octanol–water partition coefficient (Wildman–Crippen LogP) is 2.71. The lowest BCUT2D eigenvalue weighted by atomic mass is 10.3. The van der Waals surface area contributed by atoms with Gasteiger partial charge in [0, 0.05) is 6.61 Å². The first-order valence-electron chi connectivity index (χ1n) is 9.65. The van der Waals surface area contributed by atoms with Crippen LogP contribution < -0.4 is 5.73 Å². The molecule has 0 fully saturated rings. The third-order valence-corrected chi connectivity index (χ3v) is 4.40. The number of ether oxygens (including phenoxy) is 2. The van der Waals surface area contributed by atoms with Crippen molar-refractivity contribution in [1.82, 2.24) is 29.9 Å². The summed E-state index contributed by atoms with van der Waals surface area (Å²) in [4.78, 5) is 13.2. The van der Waals surface area contributed by atoms with Crippen LogP contribution in [0.1, 0.15) is 31.0 Å². The SMILES string of the molecule is CCOC(C)OCc1cccc(Cn2nnc3c(-c4ccc(C)o4)nc(N)nc32)n1. The first-order valence-corrected chi connectivity index (χ1v) is 9.65. The van der Waals surface area contributed by atoms with Gasteiger partial charge in [-0.05, 0) is 45.0 Å². The maximum absolute atomic E-state index is 5.93. The van der Waals surface area contributed by atoms with Gasteiger partial charge in [-0.1, -0.05) is 11.3 Å². The lowest BCUT2D eigenvalue weighted by molar-refractivity contribution is -0.135. The van der Waals surface area contributed by atoms with Crippen molar-refractivity contribution in [3.63, 3.8) is 0 Å². The van der Waals surface area contributed by atoms with Gasteiger partial charge in [0.05, 0.1) is 24.5 Å². The molecule has 4 heterocycles. The van der Waals surface area contributed by atoms with Crippen molar-refractivity contribution in [2.45, 2.75) is 40.2 Å². The molecule has 0 aliphatic heterocycles. The van der Waals surface area contributed by atoms with Gasteiger partial charge >= 0.3 is 0 Å². The molecule has 0 radical (unpaired) electrons. The lowest BCUT2D eigenvalue weighted by Gasteiger charge is -2.12. The number of anilines is 1. The maximum atomic E-state index is 5.93. The summed E-state index contributed by atoms with van der Waals surface area (Å²) >= 11 is 0. The Bertz CT molecular complexity index is 1150. The standard InChI is InChI=1S/C20H23N7O3/c1-4-28-13(3)29-11-15-7-5-6-14(22-15)10-27-19-18(25-26-27)17(23-20(21)24-19)16-9-8-12(2)30-16/h5-9,13H,4,10-11H2,1-3H3,(H2,21,23,24). The summed E-state index contributed by atoms with van der Waals surface area (Å²) in [6, 6.07) is 9.41. The molecule has 4 aromatic rings. The number of aryl methyl sites for hydroxylation is 1. The Morgan fingerprint density at radius 2 is 1.93 bits per heavy atom. The van der Waals surface area contributed by atoms with Gasteiger partial charge in [0.2, 0.25) is 5.95 Å². The molecule has 0 aliphatic rings. The van der Waals surface area contributed by atoms with Crippen LogP contribution in [0.4, 0.5) is 5.95 Å². The van der Waals surface area contributed by atoms with Crippen molar-refractivity contribution in [3.05, 3.63) is 47.5 Å². The van der Waals surface area contributed by atoms with Crippen LogP contribution in [0.25, 0.3) is 22.6 Å². The number of nitrogens with zero attached hydrogens (tertiary/aromatic N) is 6. The number of aromatic nitrogens is 6. The average Bonchev–Trinajstić information content (AvgIpc) is 3.33. The smallest absolute Gasteiger partial charge is 0.222 e. The fourth-order valence-corrected chi connectivity index (χ4v) is 3.05. The summed E-state index contributed by atoms with van der Waals surface area (Å²) in [5.74, 6) is 1.46. The lowest BCUT2D eigenvalue weighted by Crippen LogP contribution is -2.13. The molecule has 0 saturated carbocycles. The second-order valence-electron chi connectivity index (χ2n) is 6.71. The highest BCUT2D eigenvalue weighted by molar-refractivity contribution is 5.86. The number of rotatable bonds is 8. The Labute approximate surface area is 173 Å². The molecule has 1 unspecified atom stereocenters. The second kappa shape index (κ2) is 8.56. The van der Waals surface area contributed by atoms with Gasteiger partial charge in [-0.3, -0.25) is 4.98 Å². The van der Waals surface area contributed by atoms with E-state index >= 15 is 0 Å². The van der Waals surface area contributed by atoms with Crippen molar-refractivity contribution in [2.75, 3.05) is 12.3 Å². The van der Waals surface area contributed by atoms with Crippen molar-refractivity contribution in [3.8, 4) is 11.5 Å². The fraction of sp³-hybridized carbons (Fsp3) is 0.350. The number of pyridine rings is 1. The quantitative estimate of drug-likeness (QED) is 0.437. The molecule has 2 N–H and O–H groups in total. The van der Waals surface area contributed by atoms with Crippen molar-refractivity contribution in [1.29, 1.82) is 0 Å². The van der Waals surface area contributed by atoms with E-state index in [1.54, 1.807) is 4.68 Å². The van der Waals surface area contributed by atoms with Gasteiger partial charge in [0.25, 0.3) is 0 Å². The summed E-state index contributed by atoms with van der Waals surface area (Å²) < 4.78 is 18.3. The Kier molecular flexibility index (Phi) is 5.68. The van der Waals surface area contributed by atoms with Crippen molar-refractivity contribution < 1.29 is 13.9 Å². The average molecular weight is 409 g/mol. The number of nitrogen functional groups attached to an aromatic ring is 1. The summed E-state index contributed by atoms with van der Waals surface area (Å²) in [7, 11) is 0. The minimum absolute atomic E-state index is 0.120. The minimum Gasteiger partial charge on any atom is -0.460 e. The van der Waals surface area contributed by atoms with Crippen LogP contribution in [-0.2, 0) is 22.6 Å². The fourth-order valence-electron chi connectivity index (χ4n) is 3.05. The summed E-state index contributed by atoms with van der Waals surface area (Å²) in [5.41, 5.74) is 9.06. The molecule has 0 aromatic carbocycles. The predicted molar refractivity (Wildman–Crippen MR) is 109 cm³/mol. The van der Waals surface area contributed by atoms with E-state index in [0.717, 1.165) is 17.1 Å². The first kappa shape index (κ1) is 19.9. The summed E-state index contributed by atoms with van der Waals surface area (Å²) in [5, 5.41) is 8.48. The van der Waals surface area contributed by atoms with Crippen molar-refractivity contribution >= 4 is 17.1 Å². The highest BCUT2D eigenvalue weighted by Crippen LogP contribution is 2.26. The molecule has 0 saturated heterocycles. The van der Waals surface area contributed by atoms with Gasteiger partial charge in [-0.2, -0.15) is 4.98 Å². The number of hydrogen-bond donors (Lipinski definition) is 1. The largest absolute Gasteiger partial charge is 0.460 e. The van der Waals surface area contributed by atoms with Crippen LogP contribution in [-0.4, -0.2) is 42.8 Å². The van der Waals surface area contributed by atoms with Gasteiger partial charge in [-0.15, -0.1) is 5.10 Å². The van der Waals surface area contributed by atoms with Crippen LogP contribution in [0.3, 0.4) is 0 Å². The molecular formula is C20H23N7O3. The zero-order valence-corrected chi connectivity index (χ0v) is 17.1. The van der Waals surface area contributed by atoms with E-state index in [9.17, 15) is 0 Å². The molecule has 1 atom stereocenters. The second-order valence-corrected chi connectivity index (χ2v) is 6.71. The zero-order valence-electron chi connectivity index (χ0n) is 17.1. The molecule has 10 heteroatoms. The molecule has 4 aromatic heterocycles. The number of hydrogen-bond acceptors (Lipinski definition) is 9. The third-order valence-electron chi connectivity index (χ3n) is 4.40. The Morgan fingerprint density at radius 3 is 2.70 bits per heavy atom. The Morgan fingerprint density at radius 1 is 1.10 bits per heavy atom. The molecule has 10 nitrogen and oxygen atoms in total. The van der Waals surface area contributed by atoms with Gasteiger partial charge < -0.3 is 19.6 Å². The van der Waals surface area contributed by atoms with E-state index < -0.39 is 0 Å². The van der Waals surface area contributed by atoms with Crippen LogP contribution in [0.5, 0.6) is 0 Å². The number of nitrogens with two attached hydrogens (primary N) is 1. The molecule has 4 rings (SSSR count). The topological polar surface area (TPSA) is 127 Å². The number of fused-ring (bicyclic) bond motifs is 1. The van der Waals surface area contributed by atoms with E-state index in [4.69, 9.17) is 19.6 Å². The van der Waals surface area contributed by atoms with Crippen molar-refractivity contribution in [2.24, 2.45) is 0 Å². The molecular weight excluding hydrogens is 386 g/mol.